The van der Waals surface area contributed by atoms with Crippen LogP contribution in [0.15, 0.2) is 35.0 Å². The first-order valence-corrected chi connectivity index (χ1v) is 6.24. The van der Waals surface area contributed by atoms with Crippen LogP contribution in [-0.4, -0.2) is 10.1 Å². The van der Waals surface area contributed by atoms with Gasteiger partial charge in [0.05, 0.1) is 15.9 Å². The van der Waals surface area contributed by atoms with E-state index in [1.807, 2.05) is 36.4 Å². The third kappa shape index (κ3) is 1.94. The Balaban J connectivity index is 2.12. The van der Waals surface area contributed by atoms with Gasteiger partial charge in [-0.15, -0.1) is 11.3 Å². The fourth-order valence-corrected chi connectivity index (χ4v) is 2.72. The summed E-state index contributed by atoms with van der Waals surface area (Å²) in [5, 5.41) is 11.6. The topological polar surface area (TPSA) is 48.4 Å². The molecular formula is C12H8N2OS2. The third-order valence-corrected chi connectivity index (χ3v) is 3.60. The molecule has 0 saturated heterocycles. The number of thiazole rings is 1. The van der Waals surface area contributed by atoms with Crippen molar-refractivity contribution in [3.63, 3.8) is 0 Å². The van der Waals surface area contributed by atoms with E-state index in [0.29, 0.717) is 8.83 Å². The van der Waals surface area contributed by atoms with E-state index in [1.54, 1.807) is 0 Å². The summed E-state index contributed by atoms with van der Waals surface area (Å²) in [4.78, 5) is 7.85. The Labute approximate surface area is 106 Å². The van der Waals surface area contributed by atoms with Crippen molar-refractivity contribution in [2.75, 3.05) is 0 Å². The van der Waals surface area contributed by atoms with Crippen LogP contribution >= 0.6 is 23.6 Å². The largest absolute Gasteiger partial charge is 0.494 e. The van der Waals surface area contributed by atoms with Crippen molar-refractivity contribution in [1.82, 2.24) is 4.98 Å². The second kappa shape index (κ2) is 3.94. The van der Waals surface area contributed by atoms with E-state index < -0.39 is 0 Å². The molecule has 5 heteroatoms. The minimum atomic E-state index is 0.104. The van der Waals surface area contributed by atoms with Gasteiger partial charge in [-0.3, -0.25) is 0 Å². The van der Waals surface area contributed by atoms with Gasteiger partial charge in [0.1, 0.15) is 0 Å². The lowest BCUT2D eigenvalue weighted by Gasteiger charge is -1.89. The number of rotatable bonds is 1. The lowest BCUT2D eigenvalue weighted by molar-refractivity contribution is 0.456. The lowest BCUT2D eigenvalue weighted by Crippen LogP contribution is -2.19. The molecule has 0 bridgehead atoms. The molecule has 0 atom stereocenters. The zero-order valence-corrected chi connectivity index (χ0v) is 10.3. The third-order valence-electron chi connectivity index (χ3n) is 2.43. The lowest BCUT2D eigenvalue weighted by atomic mass is 10.3. The molecule has 0 aliphatic carbocycles. The van der Waals surface area contributed by atoms with Gasteiger partial charge in [-0.2, -0.15) is 0 Å². The van der Waals surface area contributed by atoms with Gasteiger partial charge < -0.3 is 10.1 Å². The highest BCUT2D eigenvalue weighted by Gasteiger charge is 2.05. The average molecular weight is 260 g/mol. The number of aromatic nitrogens is 1. The molecule has 0 amide bonds. The molecule has 17 heavy (non-hydrogen) atoms. The van der Waals surface area contributed by atoms with Gasteiger partial charge in [-0.25, -0.2) is 4.99 Å². The van der Waals surface area contributed by atoms with Gasteiger partial charge in [0, 0.05) is 5.22 Å². The van der Waals surface area contributed by atoms with E-state index in [9.17, 15) is 5.11 Å². The monoisotopic (exact) mass is 260 g/mol. The molecule has 2 N–H and O–H groups in total. The summed E-state index contributed by atoms with van der Waals surface area (Å²) >= 11 is 6.30. The number of allylic oxidation sites excluding steroid dienone is 1. The number of H-pyrrole nitrogens is 1. The zero-order chi connectivity index (χ0) is 11.8. The van der Waals surface area contributed by atoms with Gasteiger partial charge in [-0.1, -0.05) is 18.2 Å². The van der Waals surface area contributed by atoms with Gasteiger partial charge in [-0.05, 0) is 30.4 Å². The fourth-order valence-electron chi connectivity index (χ4n) is 1.68. The Morgan fingerprint density at radius 2 is 2.18 bits per heavy atom. The summed E-state index contributed by atoms with van der Waals surface area (Å²) in [5.74, 6) is 0.104. The number of aromatic amines is 1. The molecule has 0 unspecified atom stereocenters. The number of benzene rings is 1. The number of para-hydroxylation sites is 1. The van der Waals surface area contributed by atoms with Crippen LogP contribution in [0.2, 0.25) is 0 Å². The Hall–Kier alpha value is -1.72. The number of fused-ring (bicyclic) bond motifs is 1. The summed E-state index contributed by atoms with van der Waals surface area (Å²) in [6, 6.07) is 7.91. The van der Waals surface area contributed by atoms with Crippen molar-refractivity contribution in [1.29, 1.82) is 0 Å². The van der Waals surface area contributed by atoms with Crippen molar-refractivity contribution in [3.8, 4) is 5.88 Å². The van der Waals surface area contributed by atoms with Crippen LogP contribution in [0.3, 0.4) is 0 Å². The first kappa shape index (κ1) is 10.4. The van der Waals surface area contributed by atoms with Crippen LogP contribution in [-0.2, 0) is 0 Å². The number of nitrogens with one attached hydrogen (secondary N) is 1. The molecule has 84 valence electrons. The quantitative estimate of drug-likeness (QED) is 0.770. The van der Waals surface area contributed by atoms with Crippen molar-refractivity contribution < 1.29 is 5.11 Å². The molecular weight excluding hydrogens is 252 g/mol. The van der Waals surface area contributed by atoms with Crippen LogP contribution in [0.1, 0.15) is 4.88 Å². The maximum absolute atomic E-state index is 9.60. The molecule has 0 fully saturated rings. The second-order valence-electron chi connectivity index (χ2n) is 3.61. The molecule has 0 saturated carbocycles. The maximum Gasteiger partial charge on any atom is 0.207 e. The van der Waals surface area contributed by atoms with Crippen LogP contribution < -0.4 is 10.6 Å². The van der Waals surface area contributed by atoms with Crippen molar-refractivity contribution >= 4 is 35.7 Å². The van der Waals surface area contributed by atoms with Gasteiger partial charge >= 0.3 is 0 Å². The zero-order valence-electron chi connectivity index (χ0n) is 8.68. The van der Waals surface area contributed by atoms with E-state index in [1.165, 1.54) is 11.3 Å². The van der Waals surface area contributed by atoms with Crippen LogP contribution in [0.5, 0.6) is 5.88 Å². The smallest absolute Gasteiger partial charge is 0.207 e. The molecule has 3 rings (SSSR count). The number of aromatic hydroxyl groups is 1. The Kier molecular flexibility index (Phi) is 2.42. The predicted molar refractivity (Wildman–Crippen MR) is 70.8 cm³/mol. The highest BCUT2D eigenvalue weighted by molar-refractivity contribution is 7.73. The maximum atomic E-state index is 9.60. The van der Waals surface area contributed by atoms with E-state index in [4.69, 9.17) is 12.2 Å². The van der Waals surface area contributed by atoms with Crippen LogP contribution in [0.25, 0.3) is 12.2 Å². The molecule has 0 spiro atoms. The molecule has 1 aromatic heterocycles. The highest BCUT2D eigenvalue weighted by Crippen LogP contribution is 2.24. The van der Waals surface area contributed by atoms with E-state index in [2.05, 4.69) is 9.98 Å². The first-order chi connectivity index (χ1) is 8.22. The second-order valence-corrected chi connectivity index (χ2v) is 5.33. The van der Waals surface area contributed by atoms with Gasteiger partial charge in [0.15, 0.2) is 3.95 Å². The minimum Gasteiger partial charge on any atom is -0.494 e. The molecule has 0 radical (unpaired) electrons. The number of nitrogens with zero attached hydrogens (tertiary/aromatic N) is 1. The van der Waals surface area contributed by atoms with E-state index in [-0.39, 0.29) is 5.88 Å². The van der Waals surface area contributed by atoms with Crippen molar-refractivity contribution in [2.45, 2.75) is 0 Å². The Morgan fingerprint density at radius 1 is 1.35 bits per heavy atom. The molecule has 1 aliphatic rings. The Morgan fingerprint density at radius 3 is 2.88 bits per heavy atom. The summed E-state index contributed by atoms with van der Waals surface area (Å²) in [6.07, 6.45) is 3.81. The molecule has 1 aliphatic heterocycles. The average Bonchev–Trinajstić information content (AvgIpc) is 2.82. The summed E-state index contributed by atoms with van der Waals surface area (Å²) in [5.41, 5.74) is 0.826. The molecule has 1 aromatic carbocycles. The highest BCUT2D eigenvalue weighted by atomic mass is 32.1. The van der Waals surface area contributed by atoms with E-state index in [0.717, 1.165) is 16.3 Å². The SMILES string of the molecule is Oc1[nH]c(=S)sc1/C=C1\C=c2ccccc2=N1. The number of hydrogen-bond acceptors (Lipinski definition) is 4. The minimum absolute atomic E-state index is 0.104. The summed E-state index contributed by atoms with van der Waals surface area (Å²) in [6.45, 7) is 0. The van der Waals surface area contributed by atoms with E-state index >= 15 is 0 Å². The molecule has 2 heterocycles. The molecule has 3 nitrogen and oxygen atoms in total. The van der Waals surface area contributed by atoms with Crippen LogP contribution in [0, 0.1) is 3.95 Å². The van der Waals surface area contributed by atoms with Crippen molar-refractivity contribution in [2.24, 2.45) is 4.99 Å². The van der Waals surface area contributed by atoms with Crippen molar-refractivity contribution in [3.05, 3.63) is 49.4 Å². The first-order valence-electron chi connectivity index (χ1n) is 5.02. The predicted octanol–water partition coefficient (Wildman–Crippen LogP) is 1.97. The molecule has 2 aromatic rings. The van der Waals surface area contributed by atoms with Gasteiger partial charge in [0.2, 0.25) is 5.88 Å². The van der Waals surface area contributed by atoms with Gasteiger partial charge in [0.25, 0.3) is 0 Å². The fraction of sp³-hybridized carbons (Fsp3) is 0. The normalized spacial score (nSPS) is 15.4. The number of hydrogen-bond donors (Lipinski definition) is 2. The Bertz CT molecular complexity index is 746. The van der Waals surface area contributed by atoms with Crippen LogP contribution in [0.4, 0.5) is 0 Å². The summed E-state index contributed by atoms with van der Waals surface area (Å²) < 4.78 is 0.560. The summed E-state index contributed by atoms with van der Waals surface area (Å²) in [7, 11) is 0. The standard InChI is InChI=1S/C12H8N2OS2/c15-11-10(17-12(16)14-11)6-8-5-7-3-1-2-4-9(7)13-8/h1-6,15H,(H,14,16)/b8-6+.